The molecule has 18 heavy (non-hydrogen) atoms. The van der Waals surface area contributed by atoms with E-state index in [-0.39, 0.29) is 59.1 Å². The molecule has 1 N–H and O–H groups in total. The largest absolute Gasteiger partial charge is 1.00 e. The van der Waals surface area contributed by atoms with Crippen LogP contribution in [0.1, 0.15) is 20.7 Å². The standard InChI is InChI=1S/C8H6O7S.2Na/c9-7(10)4-1-2-6(16(13,14)15)5(3-4)8(11)12;;/h1-3H,(H,9,10)(H,11,12)(H,13,14,15);;/q;2*+1/p-2. The summed E-state index contributed by atoms with van der Waals surface area (Å²) in [5.41, 5.74) is -1.48. The molecule has 0 saturated carbocycles. The van der Waals surface area contributed by atoms with E-state index in [2.05, 4.69) is 0 Å². The summed E-state index contributed by atoms with van der Waals surface area (Å²) in [5.74, 6) is -3.60. The molecule has 1 aromatic carbocycles. The van der Waals surface area contributed by atoms with Gasteiger partial charge in [-0.15, -0.1) is 0 Å². The second kappa shape index (κ2) is 7.61. The average Bonchev–Trinajstić information content (AvgIpc) is 2.15. The first-order valence-electron chi connectivity index (χ1n) is 3.77. The van der Waals surface area contributed by atoms with E-state index in [4.69, 9.17) is 4.55 Å². The predicted octanol–water partition coefficient (Wildman–Crippen LogP) is -8.33. The van der Waals surface area contributed by atoms with Crippen molar-refractivity contribution >= 4 is 22.1 Å². The summed E-state index contributed by atoms with van der Waals surface area (Å²) in [5, 5.41) is 20.9. The van der Waals surface area contributed by atoms with Gasteiger partial charge in [-0.3, -0.25) is 4.55 Å². The molecule has 7 nitrogen and oxygen atoms in total. The number of benzene rings is 1. The quantitative estimate of drug-likeness (QED) is 0.431. The van der Waals surface area contributed by atoms with Crippen molar-refractivity contribution in [1.82, 2.24) is 0 Å². The fourth-order valence-corrected chi connectivity index (χ4v) is 1.70. The van der Waals surface area contributed by atoms with Gasteiger partial charge in [0.25, 0.3) is 10.1 Å². The third kappa shape index (κ3) is 4.98. The van der Waals surface area contributed by atoms with E-state index in [9.17, 15) is 28.2 Å². The summed E-state index contributed by atoms with van der Waals surface area (Å²) in [6.07, 6.45) is 0. The maximum absolute atomic E-state index is 10.7. The zero-order valence-corrected chi connectivity index (χ0v) is 14.4. The Morgan fingerprint density at radius 3 is 1.89 bits per heavy atom. The molecular weight excluding hydrogens is 286 g/mol. The minimum Gasteiger partial charge on any atom is -0.545 e. The Balaban J connectivity index is 0. The van der Waals surface area contributed by atoms with Crippen molar-refractivity contribution < 1.29 is 91.9 Å². The smallest absolute Gasteiger partial charge is 0.545 e. The molecule has 86 valence electrons. The fourth-order valence-electron chi connectivity index (χ4n) is 1.04. The van der Waals surface area contributed by atoms with E-state index in [1.807, 2.05) is 0 Å². The van der Waals surface area contributed by atoms with Crippen LogP contribution in [0.4, 0.5) is 0 Å². The summed E-state index contributed by atoms with van der Waals surface area (Å²) >= 11 is 0. The van der Waals surface area contributed by atoms with Gasteiger partial charge in [-0.05, 0) is 17.7 Å². The Bertz CT molecular complexity index is 567. The molecule has 0 unspecified atom stereocenters. The number of rotatable bonds is 3. The SMILES string of the molecule is O=C([O-])c1ccc(S(=O)(=O)O)c(C(=O)[O-])c1.[Na+].[Na+]. The molecule has 0 aliphatic carbocycles. The van der Waals surface area contributed by atoms with Gasteiger partial charge < -0.3 is 19.8 Å². The number of carboxylic acid groups (broad SMARTS) is 2. The van der Waals surface area contributed by atoms with Crippen LogP contribution in [0.2, 0.25) is 0 Å². The Kier molecular flexibility index (Phi) is 8.62. The van der Waals surface area contributed by atoms with Crippen LogP contribution in [0, 0.1) is 0 Å². The van der Waals surface area contributed by atoms with Crippen molar-refractivity contribution in [2.75, 3.05) is 0 Å². The summed E-state index contributed by atoms with van der Waals surface area (Å²) in [6, 6.07) is 1.98. The van der Waals surface area contributed by atoms with Crippen molar-refractivity contribution in [1.29, 1.82) is 0 Å². The summed E-state index contributed by atoms with van der Waals surface area (Å²) in [6.45, 7) is 0. The van der Waals surface area contributed by atoms with Gasteiger partial charge in [-0.25, -0.2) is 0 Å². The zero-order valence-electron chi connectivity index (χ0n) is 9.54. The molecule has 0 heterocycles. The van der Waals surface area contributed by atoms with E-state index in [1.165, 1.54) is 0 Å². The van der Waals surface area contributed by atoms with Gasteiger partial charge in [-0.2, -0.15) is 8.42 Å². The minimum atomic E-state index is -4.76. The van der Waals surface area contributed by atoms with Crippen molar-refractivity contribution in [2.45, 2.75) is 4.90 Å². The molecule has 0 fully saturated rings. The number of hydrogen-bond donors (Lipinski definition) is 1. The molecule has 0 spiro atoms. The minimum absolute atomic E-state index is 0. The van der Waals surface area contributed by atoms with Crippen LogP contribution >= 0.6 is 0 Å². The first-order chi connectivity index (χ1) is 7.23. The van der Waals surface area contributed by atoms with E-state index in [0.29, 0.717) is 12.1 Å². The summed E-state index contributed by atoms with van der Waals surface area (Å²) in [4.78, 5) is 20.0. The normalized spacial score (nSPS) is 9.83. The maximum atomic E-state index is 10.7. The van der Waals surface area contributed by atoms with Crippen LogP contribution in [0.25, 0.3) is 0 Å². The Labute approximate surface area is 147 Å². The average molecular weight is 290 g/mol. The number of carboxylic acids is 2. The molecule has 0 saturated heterocycles. The second-order valence-corrected chi connectivity index (χ2v) is 4.15. The number of carbonyl (C=O) groups excluding carboxylic acids is 2. The molecule has 1 rings (SSSR count). The summed E-state index contributed by atoms with van der Waals surface area (Å²) in [7, 11) is -4.76. The van der Waals surface area contributed by atoms with Crippen LogP contribution in [0.3, 0.4) is 0 Å². The third-order valence-corrected chi connectivity index (χ3v) is 2.62. The molecule has 0 amide bonds. The summed E-state index contributed by atoms with van der Waals surface area (Å²) < 4.78 is 30.1. The Morgan fingerprint density at radius 2 is 1.56 bits per heavy atom. The van der Waals surface area contributed by atoms with Gasteiger partial charge in [0, 0.05) is 5.56 Å². The monoisotopic (exact) mass is 290 g/mol. The molecule has 0 aliphatic rings. The van der Waals surface area contributed by atoms with Crippen LogP contribution in [-0.4, -0.2) is 24.9 Å². The fraction of sp³-hybridized carbons (Fsp3) is 0. The van der Waals surface area contributed by atoms with Gasteiger partial charge in [-0.1, -0.05) is 6.07 Å². The van der Waals surface area contributed by atoms with Crippen LogP contribution in [0.15, 0.2) is 23.1 Å². The molecule has 0 atom stereocenters. The second-order valence-electron chi connectivity index (χ2n) is 2.76. The molecular formula is C8H4Na2O7S. The van der Waals surface area contributed by atoms with Gasteiger partial charge in [0.2, 0.25) is 0 Å². The molecule has 0 radical (unpaired) electrons. The number of hydrogen-bond acceptors (Lipinski definition) is 6. The zero-order chi connectivity index (χ0) is 12.5. The third-order valence-electron chi connectivity index (χ3n) is 1.71. The Hall–Kier alpha value is 0.0700. The first-order valence-corrected chi connectivity index (χ1v) is 5.21. The number of carbonyl (C=O) groups is 2. The van der Waals surface area contributed by atoms with Crippen molar-refractivity contribution in [3.8, 4) is 0 Å². The molecule has 0 aromatic heterocycles. The van der Waals surface area contributed by atoms with Crippen LogP contribution < -0.4 is 69.3 Å². The first kappa shape index (κ1) is 20.4. The maximum Gasteiger partial charge on any atom is 1.00 e. The van der Waals surface area contributed by atoms with Gasteiger partial charge in [0.1, 0.15) is 4.90 Å². The number of aromatic carboxylic acids is 2. The predicted molar refractivity (Wildman–Crippen MR) is 44.9 cm³/mol. The Morgan fingerprint density at radius 1 is 1.06 bits per heavy atom. The molecule has 1 aromatic rings. The van der Waals surface area contributed by atoms with Gasteiger partial charge in [0.15, 0.2) is 0 Å². The van der Waals surface area contributed by atoms with Gasteiger partial charge >= 0.3 is 59.1 Å². The van der Waals surface area contributed by atoms with Gasteiger partial charge in [0.05, 0.1) is 11.9 Å². The topological polar surface area (TPSA) is 135 Å². The molecule has 10 heteroatoms. The van der Waals surface area contributed by atoms with E-state index >= 15 is 0 Å². The van der Waals surface area contributed by atoms with E-state index < -0.39 is 38.1 Å². The van der Waals surface area contributed by atoms with Crippen LogP contribution in [0.5, 0.6) is 0 Å². The van der Waals surface area contributed by atoms with E-state index in [0.717, 1.165) is 6.07 Å². The van der Waals surface area contributed by atoms with Crippen molar-refractivity contribution in [3.05, 3.63) is 29.3 Å². The molecule has 0 aliphatic heterocycles. The van der Waals surface area contributed by atoms with Crippen molar-refractivity contribution in [2.24, 2.45) is 0 Å². The van der Waals surface area contributed by atoms with E-state index in [1.54, 1.807) is 0 Å². The van der Waals surface area contributed by atoms with Crippen LogP contribution in [-0.2, 0) is 10.1 Å². The molecule has 0 bridgehead atoms. The van der Waals surface area contributed by atoms with Crippen molar-refractivity contribution in [3.63, 3.8) is 0 Å².